The number of carbonyl (C=O) groups excluding carboxylic acids is 1. The Bertz CT molecular complexity index is 914. The van der Waals surface area contributed by atoms with Crippen LogP contribution in [0.3, 0.4) is 0 Å². The van der Waals surface area contributed by atoms with Crippen LogP contribution in [0.25, 0.3) is 6.08 Å². The minimum Gasteiger partial charge on any atom is -0.497 e. The Morgan fingerprint density at radius 2 is 2.08 bits per heavy atom. The summed E-state index contributed by atoms with van der Waals surface area (Å²) in [4.78, 5) is 23.0. The molecule has 1 aliphatic rings. The van der Waals surface area contributed by atoms with Gasteiger partial charge in [-0.25, -0.2) is 4.99 Å². The second-order valence-corrected chi connectivity index (χ2v) is 6.72. The number of nitrogens with zero attached hydrogens (tertiary/aromatic N) is 3. The van der Waals surface area contributed by atoms with Crippen LogP contribution in [0.5, 0.6) is 11.5 Å². The van der Waals surface area contributed by atoms with E-state index in [2.05, 4.69) is 9.98 Å². The number of carbonyl (C=O) groups is 1. The fourth-order valence-electron chi connectivity index (χ4n) is 2.29. The van der Waals surface area contributed by atoms with Crippen LogP contribution in [0.15, 0.2) is 46.6 Å². The van der Waals surface area contributed by atoms with Crippen molar-refractivity contribution in [1.29, 1.82) is 0 Å². The molecule has 0 unspecified atom stereocenters. The van der Waals surface area contributed by atoms with Crippen molar-refractivity contribution in [3.05, 3.63) is 52.2 Å². The van der Waals surface area contributed by atoms with Crippen molar-refractivity contribution >= 4 is 46.2 Å². The molecule has 0 radical (unpaired) electrons. The van der Waals surface area contributed by atoms with Gasteiger partial charge in [-0.15, -0.1) is 0 Å². The smallest absolute Gasteiger partial charge is 0.266 e. The number of thioether (sulfide) groups is 1. The fourth-order valence-corrected chi connectivity index (χ4v) is 3.42. The minimum atomic E-state index is -0.142. The van der Waals surface area contributed by atoms with Gasteiger partial charge in [-0.1, -0.05) is 11.6 Å². The minimum absolute atomic E-state index is 0.142. The number of pyridine rings is 1. The molecule has 8 heteroatoms. The number of amidine groups is 1. The van der Waals surface area contributed by atoms with Crippen LogP contribution in [0.1, 0.15) is 5.56 Å². The molecule has 0 aliphatic carbocycles. The highest BCUT2D eigenvalue weighted by Gasteiger charge is 2.30. The Morgan fingerprint density at radius 1 is 1.27 bits per heavy atom. The first-order chi connectivity index (χ1) is 12.5. The summed E-state index contributed by atoms with van der Waals surface area (Å²) in [5.41, 5.74) is 1.34. The van der Waals surface area contributed by atoms with Gasteiger partial charge >= 0.3 is 0 Å². The third-order valence-electron chi connectivity index (χ3n) is 3.70. The topological polar surface area (TPSA) is 64.0 Å². The van der Waals surface area contributed by atoms with Crippen molar-refractivity contribution in [3.63, 3.8) is 0 Å². The van der Waals surface area contributed by atoms with Gasteiger partial charge in [-0.3, -0.25) is 14.7 Å². The number of aliphatic imine (C=N–C) groups is 1. The summed E-state index contributed by atoms with van der Waals surface area (Å²) in [6, 6.07) is 7.12. The first-order valence-corrected chi connectivity index (χ1v) is 8.80. The maximum atomic E-state index is 12.6. The Morgan fingerprint density at radius 3 is 2.77 bits per heavy atom. The van der Waals surface area contributed by atoms with E-state index in [1.54, 1.807) is 45.7 Å². The predicted octanol–water partition coefficient (Wildman–Crippen LogP) is 3.99. The van der Waals surface area contributed by atoms with Gasteiger partial charge in [0.25, 0.3) is 5.91 Å². The largest absolute Gasteiger partial charge is 0.497 e. The lowest BCUT2D eigenvalue weighted by molar-refractivity contribution is -0.121. The first-order valence-electron chi connectivity index (χ1n) is 7.61. The molecule has 1 aromatic carbocycles. The van der Waals surface area contributed by atoms with Crippen LogP contribution in [-0.2, 0) is 4.79 Å². The van der Waals surface area contributed by atoms with E-state index in [1.165, 1.54) is 22.9 Å². The van der Waals surface area contributed by atoms with Gasteiger partial charge in [-0.2, -0.15) is 0 Å². The number of amides is 1. The molecule has 1 aliphatic heterocycles. The Labute approximate surface area is 160 Å². The lowest BCUT2D eigenvalue weighted by Crippen LogP contribution is -2.23. The number of likely N-dealkylation sites (N-methyl/N-ethyl adjacent to an activating group) is 1. The lowest BCUT2D eigenvalue weighted by atomic mass is 10.1. The summed E-state index contributed by atoms with van der Waals surface area (Å²) in [6.45, 7) is 0. The Hall–Kier alpha value is -2.51. The van der Waals surface area contributed by atoms with Crippen molar-refractivity contribution in [1.82, 2.24) is 9.88 Å². The average molecular weight is 390 g/mol. The zero-order chi connectivity index (χ0) is 18.7. The number of halogens is 1. The molecule has 1 amide bonds. The molecule has 3 rings (SSSR count). The van der Waals surface area contributed by atoms with E-state index in [0.29, 0.717) is 32.3 Å². The van der Waals surface area contributed by atoms with E-state index >= 15 is 0 Å². The molecule has 1 saturated heterocycles. The molecular weight excluding hydrogens is 374 g/mol. The molecular formula is C18H16ClN3O3S. The summed E-state index contributed by atoms with van der Waals surface area (Å²) < 4.78 is 10.6. The normalized spacial score (nSPS) is 17.2. The maximum absolute atomic E-state index is 12.6. The highest BCUT2D eigenvalue weighted by Crippen LogP contribution is 2.36. The van der Waals surface area contributed by atoms with Crippen molar-refractivity contribution in [2.45, 2.75) is 0 Å². The summed E-state index contributed by atoms with van der Waals surface area (Å²) in [7, 11) is 4.84. The van der Waals surface area contributed by atoms with E-state index in [1.807, 2.05) is 12.1 Å². The molecule has 0 bridgehead atoms. The van der Waals surface area contributed by atoms with Crippen LogP contribution >= 0.6 is 23.4 Å². The molecule has 0 saturated carbocycles. The molecule has 6 nitrogen and oxygen atoms in total. The van der Waals surface area contributed by atoms with E-state index in [-0.39, 0.29) is 5.91 Å². The molecule has 1 aromatic heterocycles. The fraction of sp³-hybridized carbons (Fsp3) is 0.167. The van der Waals surface area contributed by atoms with E-state index < -0.39 is 0 Å². The second kappa shape index (κ2) is 7.80. The first kappa shape index (κ1) is 18.3. The van der Waals surface area contributed by atoms with Gasteiger partial charge in [-0.05, 0) is 36.0 Å². The zero-order valence-corrected chi connectivity index (χ0v) is 16.0. The third-order valence-corrected chi connectivity index (χ3v) is 5.05. The van der Waals surface area contributed by atoms with Gasteiger partial charge < -0.3 is 9.47 Å². The SMILES string of the molecule is COc1ccc(/C=C2\SC(=Nc3ccncc3Cl)N(C)C2=O)c(OC)c1. The summed E-state index contributed by atoms with van der Waals surface area (Å²) in [6.07, 6.45) is 4.89. The molecule has 0 atom stereocenters. The van der Waals surface area contributed by atoms with Gasteiger partial charge in [0.1, 0.15) is 11.5 Å². The molecule has 1 fully saturated rings. The Balaban J connectivity index is 1.94. The van der Waals surface area contributed by atoms with Gasteiger partial charge in [0.2, 0.25) is 0 Å². The average Bonchev–Trinajstić information content (AvgIpc) is 2.92. The van der Waals surface area contributed by atoms with Crippen LogP contribution in [-0.4, -0.2) is 42.2 Å². The van der Waals surface area contributed by atoms with Gasteiger partial charge in [0.15, 0.2) is 5.17 Å². The van der Waals surface area contributed by atoms with Gasteiger partial charge in [0, 0.05) is 31.1 Å². The van der Waals surface area contributed by atoms with Crippen molar-refractivity contribution in [3.8, 4) is 11.5 Å². The molecule has 0 N–H and O–H groups in total. The van der Waals surface area contributed by atoms with Crippen LogP contribution in [0.4, 0.5) is 5.69 Å². The number of aromatic nitrogens is 1. The highest BCUT2D eigenvalue weighted by atomic mass is 35.5. The standard InChI is InChI=1S/C18H16ClN3O3S/c1-22-17(23)16(8-11-4-5-12(24-2)9-15(11)25-3)26-18(22)21-14-6-7-20-10-13(14)19/h4-10H,1-3H3/b16-8-,21-18?. The van der Waals surface area contributed by atoms with Crippen LogP contribution in [0.2, 0.25) is 5.02 Å². The third kappa shape index (κ3) is 3.68. The van der Waals surface area contributed by atoms with Crippen molar-refractivity contribution in [2.24, 2.45) is 4.99 Å². The van der Waals surface area contributed by atoms with Crippen LogP contribution in [0, 0.1) is 0 Å². The molecule has 134 valence electrons. The quantitative estimate of drug-likeness (QED) is 0.740. The Kier molecular flexibility index (Phi) is 5.49. The molecule has 2 heterocycles. The van der Waals surface area contributed by atoms with E-state index in [9.17, 15) is 4.79 Å². The molecule has 2 aromatic rings. The highest BCUT2D eigenvalue weighted by molar-refractivity contribution is 8.18. The summed E-state index contributed by atoms with van der Waals surface area (Å²) in [5, 5.41) is 0.970. The molecule has 0 spiro atoms. The number of hydrogen-bond donors (Lipinski definition) is 0. The number of rotatable bonds is 4. The zero-order valence-electron chi connectivity index (χ0n) is 14.4. The number of ether oxygens (including phenoxy) is 2. The number of methoxy groups -OCH3 is 2. The van der Waals surface area contributed by atoms with Crippen LogP contribution < -0.4 is 9.47 Å². The predicted molar refractivity (Wildman–Crippen MR) is 104 cm³/mol. The summed E-state index contributed by atoms with van der Waals surface area (Å²) in [5.74, 6) is 1.16. The second-order valence-electron chi connectivity index (χ2n) is 5.30. The number of benzene rings is 1. The van der Waals surface area contributed by atoms with Crippen molar-refractivity contribution < 1.29 is 14.3 Å². The maximum Gasteiger partial charge on any atom is 0.266 e. The van der Waals surface area contributed by atoms with E-state index in [0.717, 1.165) is 5.56 Å². The number of hydrogen-bond acceptors (Lipinski definition) is 6. The van der Waals surface area contributed by atoms with Crippen molar-refractivity contribution in [2.75, 3.05) is 21.3 Å². The van der Waals surface area contributed by atoms with Gasteiger partial charge in [0.05, 0.1) is 29.8 Å². The summed E-state index contributed by atoms with van der Waals surface area (Å²) >= 11 is 7.37. The monoisotopic (exact) mass is 389 g/mol. The molecule has 26 heavy (non-hydrogen) atoms. The van der Waals surface area contributed by atoms with E-state index in [4.69, 9.17) is 21.1 Å². The lowest BCUT2D eigenvalue weighted by Gasteiger charge is -2.08.